The summed E-state index contributed by atoms with van der Waals surface area (Å²) in [5.74, 6) is 0.730. The second kappa shape index (κ2) is 3.70. The summed E-state index contributed by atoms with van der Waals surface area (Å²) in [6.45, 7) is 2.01. The van der Waals surface area contributed by atoms with Gasteiger partial charge in [-0.2, -0.15) is 0 Å². The number of pyridine rings is 1. The topological polar surface area (TPSA) is 39.9 Å². The highest BCUT2D eigenvalue weighted by molar-refractivity contribution is 6.30. The molecule has 0 amide bonds. The van der Waals surface area contributed by atoms with Crippen molar-refractivity contribution in [3.8, 4) is 5.75 Å². The molecule has 0 atom stereocenters. The van der Waals surface area contributed by atoms with E-state index in [1.54, 1.807) is 13.4 Å². The van der Waals surface area contributed by atoms with Crippen molar-refractivity contribution in [2.75, 3.05) is 7.11 Å². The number of methoxy groups -OCH3 is 1. The Hall–Kier alpha value is -1.29. The number of aromatic nitrogens is 3. The Morgan fingerprint density at radius 1 is 1.53 bits per heavy atom. The fourth-order valence-corrected chi connectivity index (χ4v) is 1.94. The average molecular weight is 226 g/mol. The summed E-state index contributed by atoms with van der Waals surface area (Å²) in [5.41, 5.74) is 2.42. The Morgan fingerprint density at radius 3 is 2.87 bits per heavy atom. The molecule has 0 radical (unpaired) electrons. The van der Waals surface area contributed by atoms with Gasteiger partial charge in [0.15, 0.2) is 11.4 Å². The summed E-state index contributed by atoms with van der Waals surface area (Å²) in [5, 5.41) is 0.491. The maximum absolute atomic E-state index is 6.08. The zero-order chi connectivity index (χ0) is 11.0. The first kappa shape index (κ1) is 10.2. The molecular weight excluding hydrogens is 214 g/mol. The number of aryl methyl sites for hydroxylation is 1. The predicted octanol–water partition coefficient (Wildman–Crippen LogP) is 2.19. The van der Waals surface area contributed by atoms with Crippen molar-refractivity contribution in [3.05, 3.63) is 17.0 Å². The van der Waals surface area contributed by atoms with Crippen LogP contribution < -0.4 is 4.74 Å². The lowest BCUT2D eigenvalue weighted by atomic mass is 10.2. The highest BCUT2D eigenvalue weighted by Gasteiger charge is 2.16. The van der Waals surface area contributed by atoms with E-state index in [1.165, 1.54) is 0 Å². The molecule has 0 aliphatic carbocycles. The predicted molar refractivity (Wildman–Crippen MR) is 59.4 cm³/mol. The molecule has 2 aromatic heterocycles. The molecule has 0 saturated carbocycles. The lowest BCUT2D eigenvalue weighted by molar-refractivity contribution is 0.414. The molecule has 0 saturated heterocycles. The lowest BCUT2D eigenvalue weighted by Crippen LogP contribution is -1.97. The molecule has 4 nitrogen and oxygen atoms in total. The van der Waals surface area contributed by atoms with E-state index in [2.05, 4.69) is 9.97 Å². The Bertz CT molecular complexity index is 507. The van der Waals surface area contributed by atoms with Gasteiger partial charge in [0, 0.05) is 12.6 Å². The second-order valence-corrected chi connectivity index (χ2v) is 3.65. The van der Waals surface area contributed by atoms with Crippen molar-refractivity contribution in [2.24, 2.45) is 7.05 Å². The zero-order valence-electron chi connectivity index (χ0n) is 8.91. The van der Waals surface area contributed by atoms with E-state index < -0.39 is 0 Å². The standard InChI is InChI=1S/C10H12ClN3O/c1-4-6-8(15-3)7-10(13-9(6)11)14(2)5-12-7/h5H,4H2,1-3H3. The molecule has 80 valence electrons. The molecule has 2 rings (SSSR count). The minimum Gasteiger partial charge on any atom is -0.494 e. The minimum atomic E-state index is 0.491. The number of nitrogens with zero attached hydrogens (tertiary/aromatic N) is 3. The quantitative estimate of drug-likeness (QED) is 0.736. The molecule has 5 heteroatoms. The number of rotatable bonds is 2. The van der Waals surface area contributed by atoms with Crippen molar-refractivity contribution in [3.63, 3.8) is 0 Å². The molecule has 2 heterocycles. The fourth-order valence-electron chi connectivity index (χ4n) is 1.64. The first-order valence-electron chi connectivity index (χ1n) is 4.72. The van der Waals surface area contributed by atoms with Gasteiger partial charge >= 0.3 is 0 Å². The van der Waals surface area contributed by atoms with Crippen LogP contribution in [0.25, 0.3) is 11.2 Å². The summed E-state index contributed by atoms with van der Waals surface area (Å²) >= 11 is 6.08. The van der Waals surface area contributed by atoms with Crippen LogP contribution in [0.15, 0.2) is 6.33 Å². The zero-order valence-corrected chi connectivity index (χ0v) is 9.67. The van der Waals surface area contributed by atoms with Gasteiger partial charge in [0.05, 0.1) is 13.4 Å². The molecule has 0 unspecified atom stereocenters. The molecule has 0 aromatic carbocycles. The van der Waals surface area contributed by atoms with E-state index >= 15 is 0 Å². The molecule has 2 aromatic rings. The molecule has 0 spiro atoms. The largest absolute Gasteiger partial charge is 0.494 e. The summed E-state index contributed by atoms with van der Waals surface area (Å²) in [6.07, 6.45) is 2.48. The molecule has 0 aliphatic rings. The summed E-state index contributed by atoms with van der Waals surface area (Å²) in [4.78, 5) is 8.56. The van der Waals surface area contributed by atoms with E-state index in [4.69, 9.17) is 16.3 Å². The number of fused-ring (bicyclic) bond motifs is 1. The smallest absolute Gasteiger partial charge is 0.165 e. The van der Waals surface area contributed by atoms with E-state index in [-0.39, 0.29) is 0 Å². The summed E-state index contributed by atoms with van der Waals surface area (Å²) in [7, 11) is 3.50. The molecular formula is C10H12ClN3O. The van der Waals surface area contributed by atoms with Gasteiger partial charge in [0.1, 0.15) is 10.7 Å². The van der Waals surface area contributed by atoms with Crippen molar-refractivity contribution >= 4 is 22.8 Å². The SMILES string of the molecule is CCc1c(Cl)nc2c(ncn2C)c1OC. The minimum absolute atomic E-state index is 0.491. The van der Waals surface area contributed by atoms with Crippen molar-refractivity contribution in [1.82, 2.24) is 14.5 Å². The Balaban J connectivity index is 2.86. The van der Waals surface area contributed by atoms with E-state index in [1.807, 2.05) is 18.5 Å². The molecule has 0 bridgehead atoms. The van der Waals surface area contributed by atoms with Crippen molar-refractivity contribution < 1.29 is 4.74 Å². The lowest BCUT2D eigenvalue weighted by Gasteiger charge is -2.08. The van der Waals surface area contributed by atoms with Crippen molar-refractivity contribution in [2.45, 2.75) is 13.3 Å². The highest BCUT2D eigenvalue weighted by Crippen LogP contribution is 2.32. The molecule has 0 N–H and O–H groups in total. The molecule has 0 aliphatic heterocycles. The highest BCUT2D eigenvalue weighted by atomic mass is 35.5. The van der Waals surface area contributed by atoms with Crippen LogP contribution in [-0.4, -0.2) is 21.6 Å². The van der Waals surface area contributed by atoms with Crippen LogP contribution in [0.3, 0.4) is 0 Å². The van der Waals surface area contributed by atoms with Crippen molar-refractivity contribution in [1.29, 1.82) is 0 Å². The Morgan fingerprint density at radius 2 is 2.27 bits per heavy atom. The van der Waals surface area contributed by atoms with E-state index in [0.29, 0.717) is 5.15 Å². The normalized spacial score (nSPS) is 10.9. The Labute approximate surface area is 92.8 Å². The average Bonchev–Trinajstić information content (AvgIpc) is 2.58. The van der Waals surface area contributed by atoms with Crippen LogP contribution in [0.2, 0.25) is 5.15 Å². The van der Waals surface area contributed by atoms with Crippen LogP contribution in [0.5, 0.6) is 5.75 Å². The third-order valence-electron chi connectivity index (χ3n) is 2.41. The van der Waals surface area contributed by atoms with Crippen LogP contribution in [-0.2, 0) is 13.5 Å². The Kier molecular flexibility index (Phi) is 2.52. The summed E-state index contributed by atoms with van der Waals surface area (Å²) in [6, 6.07) is 0. The van der Waals surface area contributed by atoms with Crippen LogP contribution in [0.1, 0.15) is 12.5 Å². The van der Waals surface area contributed by atoms with E-state index in [0.717, 1.165) is 28.9 Å². The van der Waals surface area contributed by atoms with Crippen LogP contribution in [0.4, 0.5) is 0 Å². The van der Waals surface area contributed by atoms with Gasteiger partial charge in [-0.25, -0.2) is 9.97 Å². The van der Waals surface area contributed by atoms with Gasteiger partial charge in [-0.15, -0.1) is 0 Å². The van der Waals surface area contributed by atoms with E-state index in [9.17, 15) is 0 Å². The maximum Gasteiger partial charge on any atom is 0.165 e. The van der Waals surface area contributed by atoms with Gasteiger partial charge in [-0.3, -0.25) is 0 Å². The van der Waals surface area contributed by atoms with Gasteiger partial charge in [0.25, 0.3) is 0 Å². The summed E-state index contributed by atoms with van der Waals surface area (Å²) < 4.78 is 7.17. The fraction of sp³-hybridized carbons (Fsp3) is 0.400. The number of hydrogen-bond donors (Lipinski definition) is 0. The van der Waals surface area contributed by atoms with Gasteiger partial charge < -0.3 is 9.30 Å². The van der Waals surface area contributed by atoms with Gasteiger partial charge in [-0.1, -0.05) is 18.5 Å². The number of imidazole rings is 1. The monoisotopic (exact) mass is 225 g/mol. The van der Waals surface area contributed by atoms with Gasteiger partial charge in [-0.05, 0) is 6.42 Å². The first-order valence-corrected chi connectivity index (χ1v) is 5.10. The van der Waals surface area contributed by atoms with Crippen LogP contribution >= 0.6 is 11.6 Å². The molecule has 0 fully saturated rings. The second-order valence-electron chi connectivity index (χ2n) is 3.30. The maximum atomic E-state index is 6.08. The molecule has 15 heavy (non-hydrogen) atoms. The number of ether oxygens (including phenoxy) is 1. The first-order chi connectivity index (χ1) is 7.19. The number of hydrogen-bond acceptors (Lipinski definition) is 3. The van der Waals surface area contributed by atoms with Gasteiger partial charge in [0.2, 0.25) is 0 Å². The third kappa shape index (κ3) is 1.45. The number of halogens is 1. The van der Waals surface area contributed by atoms with Crippen LogP contribution in [0, 0.1) is 0 Å². The third-order valence-corrected chi connectivity index (χ3v) is 2.72.